The van der Waals surface area contributed by atoms with E-state index in [0.717, 1.165) is 18.2 Å². The Morgan fingerprint density at radius 1 is 1.07 bits per heavy atom. The average Bonchev–Trinajstić information content (AvgIpc) is 2.83. The second-order valence-corrected chi connectivity index (χ2v) is 8.86. The maximum absolute atomic E-state index is 13.6. The molecule has 1 atom stereocenters. The van der Waals surface area contributed by atoms with Crippen molar-refractivity contribution in [1.82, 2.24) is 4.90 Å². The summed E-state index contributed by atoms with van der Waals surface area (Å²) in [5.41, 5.74) is 0.160. The first-order chi connectivity index (χ1) is 13.6. The Morgan fingerprint density at radius 3 is 2.38 bits per heavy atom. The third-order valence-corrected chi connectivity index (χ3v) is 6.18. The van der Waals surface area contributed by atoms with Crippen LogP contribution in [-0.4, -0.2) is 39.0 Å². The van der Waals surface area contributed by atoms with Crippen LogP contribution in [0.4, 0.5) is 18.9 Å². The molecule has 3 rings (SSSR count). The zero-order valence-corrected chi connectivity index (χ0v) is 16.9. The van der Waals surface area contributed by atoms with E-state index in [-0.39, 0.29) is 11.7 Å². The Labute approximate surface area is 169 Å². The monoisotopic (exact) mass is 427 g/mol. The number of hydrogen-bond acceptors (Lipinski definition) is 4. The summed E-state index contributed by atoms with van der Waals surface area (Å²) in [5, 5.41) is 5.02. The molecule has 0 saturated carbocycles. The van der Waals surface area contributed by atoms with Gasteiger partial charge in [0, 0.05) is 37.9 Å². The molecule has 29 heavy (non-hydrogen) atoms. The van der Waals surface area contributed by atoms with Crippen LogP contribution in [0.15, 0.2) is 53.4 Å². The van der Waals surface area contributed by atoms with Crippen molar-refractivity contribution in [3.05, 3.63) is 59.7 Å². The lowest BCUT2D eigenvalue weighted by Crippen LogP contribution is -2.34. The highest BCUT2D eigenvalue weighted by atomic mass is 32.2. The summed E-state index contributed by atoms with van der Waals surface area (Å²) in [7, 11) is -4.22. The Hall–Kier alpha value is -2.10. The van der Waals surface area contributed by atoms with Crippen molar-refractivity contribution in [2.24, 2.45) is 5.14 Å². The topological polar surface area (TPSA) is 66.6 Å². The third kappa shape index (κ3) is 5.29. The van der Waals surface area contributed by atoms with E-state index in [4.69, 9.17) is 5.14 Å². The van der Waals surface area contributed by atoms with Crippen molar-refractivity contribution in [1.29, 1.82) is 0 Å². The molecule has 2 aromatic carbocycles. The van der Waals surface area contributed by atoms with Crippen LogP contribution in [0.5, 0.6) is 0 Å². The number of primary sulfonamides is 1. The lowest BCUT2D eigenvalue weighted by atomic mass is 10.1. The van der Waals surface area contributed by atoms with E-state index in [9.17, 15) is 21.6 Å². The summed E-state index contributed by atoms with van der Waals surface area (Å²) in [6.45, 7) is 4.26. The number of sulfonamides is 1. The molecule has 1 aliphatic rings. The molecular formula is C20H24F3N3O2S. The number of rotatable bonds is 4. The fourth-order valence-corrected chi connectivity index (χ4v) is 4.14. The van der Waals surface area contributed by atoms with Gasteiger partial charge in [-0.2, -0.15) is 13.2 Å². The highest BCUT2D eigenvalue weighted by Crippen LogP contribution is 2.38. The van der Waals surface area contributed by atoms with Crippen LogP contribution in [-0.2, 0) is 22.7 Å². The SMILES string of the molecule is CC1CCN(c2ccc(S(N)(=O)=O)cc2C(F)(F)F)CCN1Cc1ccccc1. The van der Waals surface area contributed by atoms with Gasteiger partial charge >= 0.3 is 6.18 Å². The van der Waals surface area contributed by atoms with Gasteiger partial charge in [-0.05, 0) is 37.1 Å². The van der Waals surface area contributed by atoms with Crippen molar-refractivity contribution >= 4 is 15.7 Å². The number of nitrogens with zero attached hydrogens (tertiary/aromatic N) is 2. The van der Waals surface area contributed by atoms with E-state index in [1.54, 1.807) is 4.90 Å². The van der Waals surface area contributed by atoms with Crippen molar-refractivity contribution in [3.8, 4) is 0 Å². The summed E-state index contributed by atoms with van der Waals surface area (Å²) >= 11 is 0. The van der Waals surface area contributed by atoms with Crippen LogP contribution in [0, 0.1) is 0 Å². The van der Waals surface area contributed by atoms with Crippen molar-refractivity contribution < 1.29 is 21.6 Å². The molecule has 0 radical (unpaired) electrons. The Morgan fingerprint density at radius 2 is 1.76 bits per heavy atom. The Balaban J connectivity index is 1.85. The maximum atomic E-state index is 13.6. The highest BCUT2D eigenvalue weighted by Gasteiger charge is 2.36. The first-order valence-electron chi connectivity index (χ1n) is 9.32. The summed E-state index contributed by atoms with van der Waals surface area (Å²) in [4.78, 5) is 3.39. The number of anilines is 1. The summed E-state index contributed by atoms with van der Waals surface area (Å²) in [5.74, 6) is 0. The molecule has 9 heteroatoms. The van der Waals surface area contributed by atoms with E-state index in [2.05, 4.69) is 11.8 Å². The largest absolute Gasteiger partial charge is 0.418 e. The molecule has 0 bridgehead atoms. The van der Waals surface area contributed by atoms with Gasteiger partial charge in [-0.25, -0.2) is 13.6 Å². The van der Waals surface area contributed by atoms with Gasteiger partial charge in [0.15, 0.2) is 0 Å². The van der Waals surface area contributed by atoms with Gasteiger partial charge in [-0.15, -0.1) is 0 Å². The van der Waals surface area contributed by atoms with Crippen molar-refractivity contribution in [3.63, 3.8) is 0 Å². The number of benzene rings is 2. The minimum atomic E-state index is -4.68. The van der Waals surface area contributed by atoms with E-state index in [0.29, 0.717) is 32.1 Å². The molecule has 0 spiro atoms. The summed E-state index contributed by atoms with van der Waals surface area (Å²) < 4.78 is 63.9. The minimum Gasteiger partial charge on any atom is -0.370 e. The van der Waals surface area contributed by atoms with Crippen molar-refractivity contribution in [2.75, 3.05) is 24.5 Å². The predicted molar refractivity (Wildman–Crippen MR) is 106 cm³/mol. The minimum absolute atomic E-state index is 0.0151. The van der Waals surface area contributed by atoms with Crippen LogP contribution in [0.3, 0.4) is 0 Å². The normalized spacial score (nSPS) is 19.2. The second-order valence-electron chi connectivity index (χ2n) is 7.30. The van der Waals surface area contributed by atoms with E-state index in [1.807, 2.05) is 30.3 Å². The standard InChI is InChI=1S/C20H24F3N3O2S/c1-15-9-10-25(11-12-26(15)14-16-5-3-2-4-6-16)19-8-7-17(29(24,27)28)13-18(19)20(21,22)23/h2-8,13,15H,9-12,14H2,1H3,(H2,24,27,28). The van der Waals surface area contributed by atoms with Crippen LogP contribution >= 0.6 is 0 Å². The smallest absolute Gasteiger partial charge is 0.370 e. The molecule has 0 aromatic heterocycles. The van der Waals surface area contributed by atoms with Gasteiger partial charge in [0.2, 0.25) is 10.0 Å². The van der Waals surface area contributed by atoms with Crippen molar-refractivity contribution in [2.45, 2.75) is 37.0 Å². The predicted octanol–water partition coefficient (Wildman–Crippen LogP) is 3.45. The lowest BCUT2D eigenvalue weighted by Gasteiger charge is -2.27. The molecule has 2 N–H and O–H groups in total. The fraction of sp³-hybridized carbons (Fsp3) is 0.400. The van der Waals surface area contributed by atoms with Crippen LogP contribution in [0.2, 0.25) is 0 Å². The quantitative estimate of drug-likeness (QED) is 0.812. The molecule has 1 heterocycles. The zero-order chi connectivity index (χ0) is 21.2. The van der Waals surface area contributed by atoms with Crippen LogP contribution < -0.4 is 10.0 Å². The molecule has 1 unspecified atom stereocenters. The molecular weight excluding hydrogens is 403 g/mol. The first-order valence-corrected chi connectivity index (χ1v) is 10.9. The molecule has 158 valence electrons. The molecule has 2 aromatic rings. The molecule has 5 nitrogen and oxygen atoms in total. The molecule has 1 saturated heterocycles. The molecule has 0 aliphatic carbocycles. The maximum Gasteiger partial charge on any atom is 0.418 e. The van der Waals surface area contributed by atoms with Crippen LogP contribution in [0.1, 0.15) is 24.5 Å². The van der Waals surface area contributed by atoms with Gasteiger partial charge in [0.25, 0.3) is 0 Å². The zero-order valence-electron chi connectivity index (χ0n) is 16.1. The summed E-state index contributed by atoms with van der Waals surface area (Å²) in [6.07, 6.45) is -3.99. The Kier molecular flexibility index (Phi) is 6.21. The van der Waals surface area contributed by atoms with Crippen LogP contribution in [0.25, 0.3) is 0 Å². The van der Waals surface area contributed by atoms with Gasteiger partial charge in [0.05, 0.1) is 10.5 Å². The molecule has 0 amide bonds. The lowest BCUT2D eigenvalue weighted by molar-refractivity contribution is -0.137. The number of hydrogen-bond donors (Lipinski definition) is 1. The molecule has 1 aliphatic heterocycles. The van der Waals surface area contributed by atoms with Gasteiger partial charge in [0.1, 0.15) is 0 Å². The third-order valence-electron chi connectivity index (χ3n) is 5.27. The number of nitrogens with two attached hydrogens (primary N) is 1. The second kappa shape index (κ2) is 8.33. The summed E-state index contributed by atoms with van der Waals surface area (Å²) in [6, 6.07) is 13.1. The number of halogens is 3. The number of alkyl halides is 3. The fourth-order valence-electron chi connectivity index (χ4n) is 3.60. The average molecular weight is 427 g/mol. The van der Waals surface area contributed by atoms with E-state index < -0.39 is 26.7 Å². The van der Waals surface area contributed by atoms with Gasteiger partial charge in [-0.3, -0.25) is 4.90 Å². The Bertz CT molecular complexity index is 949. The van der Waals surface area contributed by atoms with E-state index >= 15 is 0 Å². The van der Waals surface area contributed by atoms with Gasteiger partial charge in [-0.1, -0.05) is 30.3 Å². The first kappa shape index (κ1) is 21.6. The highest BCUT2D eigenvalue weighted by molar-refractivity contribution is 7.89. The van der Waals surface area contributed by atoms with Gasteiger partial charge < -0.3 is 4.90 Å². The van der Waals surface area contributed by atoms with E-state index in [1.165, 1.54) is 6.07 Å². The molecule has 1 fully saturated rings.